The Hall–Kier alpha value is -2.74. The van der Waals surface area contributed by atoms with Crippen LogP contribution in [0.25, 0.3) is 0 Å². The first-order chi connectivity index (χ1) is 15.0. The molecule has 0 aromatic carbocycles. The third-order valence-corrected chi connectivity index (χ3v) is 6.81. The van der Waals surface area contributed by atoms with Crippen LogP contribution in [-0.2, 0) is 13.1 Å². The fourth-order valence-corrected chi connectivity index (χ4v) is 5.33. The van der Waals surface area contributed by atoms with Crippen LogP contribution in [0, 0.1) is 11.7 Å². The van der Waals surface area contributed by atoms with Crippen LogP contribution < -0.4 is 10.3 Å². The fraction of sp³-hybridized carbons (Fsp3) is 0.522. The predicted octanol–water partition coefficient (Wildman–Crippen LogP) is 2.25. The number of ether oxygens (including phenoxy) is 1. The van der Waals surface area contributed by atoms with Crippen molar-refractivity contribution in [2.24, 2.45) is 5.92 Å². The number of pyridine rings is 2. The average Bonchev–Trinajstić information content (AvgIpc) is 3.28. The van der Waals surface area contributed by atoms with E-state index in [-0.39, 0.29) is 34.7 Å². The summed E-state index contributed by atoms with van der Waals surface area (Å²) in [6.45, 7) is 4.54. The van der Waals surface area contributed by atoms with E-state index in [1.54, 1.807) is 4.90 Å². The minimum atomic E-state index is -0.645. The second-order valence-corrected chi connectivity index (χ2v) is 8.91. The molecule has 7 nitrogen and oxygen atoms in total. The number of piperidine rings is 1. The number of likely N-dealkylation sites (tertiary alicyclic amines) is 2. The summed E-state index contributed by atoms with van der Waals surface area (Å²) in [6.07, 6.45) is 4.73. The average molecular weight is 426 g/mol. The van der Waals surface area contributed by atoms with Gasteiger partial charge in [-0.05, 0) is 50.4 Å². The highest BCUT2D eigenvalue weighted by Gasteiger charge is 2.37. The zero-order valence-corrected chi connectivity index (χ0v) is 17.7. The van der Waals surface area contributed by atoms with Gasteiger partial charge in [0.15, 0.2) is 5.82 Å². The maximum absolute atomic E-state index is 14.0. The number of methoxy groups -OCH3 is 1. The molecule has 1 amide bonds. The summed E-state index contributed by atoms with van der Waals surface area (Å²) in [5.74, 6) is -0.671. The highest BCUT2D eigenvalue weighted by Crippen LogP contribution is 2.36. The molecule has 2 fully saturated rings. The molecule has 3 aliphatic rings. The third kappa shape index (κ3) is 3.73. The third-order valence-electron chi connectivity index (χ3n) is 6.81. The molecule has 8 heteroatoms. The molecule has 0 aliphatic carbocycles. The van der Waals surface area contributed by atoms with Crippen molar-refractivity contribution in [2.75, 3.05) is 33.3 Å². The highest BCUT2D eigenvalue weighted by atomic mass is 19.1. The van der Waals surface area contributed by atoms with E-state index in [0.717, 1.165) is 37.3 Å². The molecule has 0 spiro atoms. The second-order valence-electron chi connectivity index (χ2n) is 8.91. The molecule has 0 saturated carbocycles. The zero-order valence-electron chi connectivity index (χ0n) is 17.7. The molecule has 2 aromatic heterocycles. The molecule has 0 unspecified atom stereocenters. The number of hydrogen-bond acceptors (Lipinski definition) is 5. The minimum absolute atomic E-state index is 0.111. The van der Waals surface area contributed by atoms with Crippen molar-refractivity contribution in [2.45, 2.75) is 38.3 Å². The molecule has 0 N–H and O–H groups in total. The number of amides is 1. The zero-order chi connectivity index (χ0) is 21.5. The van der Waals surface area contributed by atoms with Crippen molar-refractivity contribution in [3.63, 3.8) is 0 Å². The Kier molecular flexibility index (Phi) is 5.25. The molecular weight excluding hydrogens is 399 g/mol. The van der Waals surface area contributed by atoms with Crippen molar-refractivity contribution >= 4 is 5.91 Å². The number of nitrogens with zero attached hydrogens (tertiary/aromatic N) is 4. The molecule has 3 aliphatic heterocycles. The number of carbonyl (C=O) groups is 1. The van der Waals surface area contributed by atoms with Crippen LogP contribution in [0.2, 0.25) is 0 Å². The molecule has 2 saturated heterocycles. The first kappa shape index (κ1) is 20.2. The van der Waals surface area contributed by atoms with E-state index in [0.29, 0.717) is 19.6 Å². The summed E-state index contributed by atoms with van der Waals surface area (Å²) in [5, 5.41) is 0. The molecule has 5 rings (SSSR count). The van der Waals surface area contributed by atoms with Crippen molar-refractivity contribution in [3.8, 4) is 5.88 Å². The summed E-state index contributed by atoms with van der Waals surface area (Å²) < 4.78 is 20.8. The Morgan fingerprint density at radius 1 is 1.23 bits per heavy atom. The van der Waals surface area contributed by atoms with Gasteiger partial charge in [0, 0.05) is 49.6 Å². The van der Waals surface area contributed by atoms with Crippen LogP contribution in [0.4, 0.5) is 4.39 Å². The lowest BCUT2D eigenvalue weighted by molar-refractivity contribution is 0.0593. The van der Waals surface area contributed by atoms with E-state index in [1.807, 2.05) is 10.6 Å². The maximum Gasteiger partial charge on any atom is 0.255 e. The smallest absolute Gasteiger partial charge is 0.255 e. The molecule has 2 atom stereocenters. The first-order valence-electron chi connectivity index (χ1n) is 11.0. The monoisotopic (exact) mass is 426 g/mol. The van der Waals surface area contributed by atoms with E-state index in [9.17, 15) is 14.0 Å². The maximum atomic E-state index is 14.0. The van der Waals surface area contributed by atoms with Crippen molar-refractivity contribution in [3.05, 3.63) is 57.4 Å². The number of halogens is 1. The second kappa shape index (κ2) is 8.07. The number of rotatable bonds is 4. The fourth-order valence-electron chi connectivity index (χ4n) is 5.33. The molecular formula is C23H27FN4O3. The summed E-state index contributed by atoms with van der Waals surface area (Å²) in [5.41, 5.74) is 2.19. The molecule has 5 heterocycles. The molecule has 164 valence electrons. The summed E-state index contributed by atoms with van der Waals surface area (Å²) in [4.78, 5) is 34.2. The summed E-state index contributed by atoms with van der Waals surface area (Å²) >= 11 is 0. The van der Waals surface area contributed by atoms with E-state index in [4.69, 9.17) is 4.74 Å². The summed E-state index contributed by atoms with van der Waals surface area (Å²) in [6, 6.07) is 5.22. The van der Waals surface area contributed by atoms with E-state index in [1.165, 1.54) is 32.2 Å². The quantitative estimate of drug-likeness (QED) is 0.750. The van der Waals surface area contributed by atoms with Crippen LogP contribution >= 0.6 is 0 Å². The predicted molar refractivity (Wildman–Crippen MR) is 113 cm³/mol. The van der Waals surface area contributed by atoms with Gasteiger partial charge in [-0.2, -0.15) is 0 Å². The topological polar surface area (TPSA) is 67.7 Å². The lowest BCUT2D eigenvalue weighted by Gasteiger charge is -2.43. The van der Waals surface area contributed by atoms with Gasteiger partial charge >= 0.3 is 0 Å². The molecule has 2 aromatic rings. The Balaban J connectivity index is 1.37. The first-order valence-corrected chi connectivity index (χ1v) is 11.0. The van der Waals surface area contributed by atoms with Crippen molar-refractivity contribution in [1.82, 2.24) is 19.4 Å². The van der Waals surface area contributed by atoms with Gasteiger partial charge in [-0.15, -0.1) is 0 Å². The Labute approximate surface area is 180 Å². The highest BCUT2D eigenvalue weighted by molar-refractivity contribution is 5.94. The Morgan fingerprint density at radius 2 is 2.03 bits per heavy atom. The standard InChI is InChI=1S/C23H27FN4O3/c1-31-21-19(24)9-17(10-25-21)22(29)27-11-15-8-18(14-27)20-5-4-16(23(30)28(20)12-15)13-26-6-2-3-7-26/h4-5,9-10,15,18H,2-3,6-8,11-14H2,1H3/t15-,18+/m0/s1. The van der Waals surface area contributed by atoms with Crippen molar-refractivity contribution < 1.29 is 13.9 Å². The minimum Gasteiger partial charge on any atom is -0.479 e. The normalized spacial score (nSPS) is 23.0. The molecule has 31 heavy (non-hydrogen) atoms. The van der Waals surface area contributed by atoms with E-state index < -0.39 is 5.82 Å². The van der Waals surface area contributed by atoms with Gasteiger partial charge in [-0.3, -0.25) is 14.5 Å². The Morgan fingerprint density at radius 3 is 2.77 bits per heavy atom. The number of carbonyl (C=O) groups excluding carboxylic acids is 1. The van der Waals surface area contributed by atoms with Gasteiger partial charge < -0.3 is 14.2 Å². The largest absolute Gasteiger partial charge is 0.479 e. The van der Waals surface area contributed by atoms with Crippen LogP contribution in [0.3, 0.4) is 0 Å². The van der Waals surface area contributed by atoms with Crippen LogP contribution in [0.1, 0.15) is 46.8 Å². The lowest BCUT2D eigenvalue weighted by atomic mass is 9.82. The molecule has 2 bridgehead atoms. The van der Waals surface area contributed by atoms with Gasteiger partial charge in [-0.25, -0.2) is 9.37 Å². The number of hydrogen-bond donors (Lipinski definition) is 0. The van der Waals surface area contributed by atoms with Gasteiger partial charge in [0.2, 0.25) is 5.88 Å². The molecule has 0 radical (unpaired) electrons. The van der Waals surface area contributed by atoms with E-state index >= 15 is 0 Å². The number of fused-ring (bicyclic) bond motifs is 4. The van der Waals surface area contributed by atoms with Crippen LogP contribution in [0.15, 0.2) is 29.2 Å². The summed E-state index contributed by atoms with van der Waals surface area (Å²) in [7, 11) is 1.34. The number of aromatic nitrogens is 2. The van der Waals surface area contributed by atoms with E-state index in [2.05, 4.69) is 16.0 Å². The lowest BCUT2D eigenvalue weighted by Crippen LogP contribution is -2.49. The van der Waals surface area contributed by atoms with Gasteiger partial charge in [0.1, 0.15) is 0 Å². The van der Waals surface area contributed by atoms with Crippen LogP contribution in [-0.4, -0.2) is 58.5 Å². The Bertz CT molecular complexity index is 1060. The SMILES string of the molecule is COc1ncc(C(=O)N2C[C@@H]3C[C@H](C2)c2ccc(CN4CCCC4)c(=O)n2C3)cc1F. The van der Waals surface area contributed by atoms with Crippen molar-refractivity contribution in [1.29, 1.82) is 0 Å². The van der Waals surface area contributed by atoms with Gasteiger partial charge in [0.05, 0.1) is 12.7 Å². The van der Waals surface area contributed by atoms with Gasteiger partial charge in [0.25, 0.3) is 11.5 Å². The van der Waals surface area contributed by atoms with Crippen LogP contribution in [0.5, 0.6) is 5.88 Å². The van der Waals surface area contributed by atoms with Gasteiger partial charge in [-0.1, -0.05) is 6.07 Å².